The van der Waals surface area contributed by atoms with E-state index in [1.165, 1.54) is 18.3 Å². The quantitative estimate of drug-likeness (QED) is 0.256. The third kappa shape index (κ3) is 6.07. The maximum Gasteiger partial charge on any atom is 0.416 e. The van der Waals surface area contributed by atoms with Crippen molar-refractivity contribution in [3.05, 3.63) is 125 Å². The van der Waals surface area contributed by atoms with Crippen molar-refractivity contribution in [2.45, 2.75) is 6.18 Å². The summed E-state index contributed by atoms with van der Waals surface area (Å²) in [6.45, 7) is -0.233. The minimum absolute atomic E-state index is 0.0453. The van der Waals surface area contributed by atoms with E-state index in [1.54, 1.807) is 72.8 Å². The molecular weight excluding hydrogens is 521 g/mol. The number of fused-ring (bicyclic) bond motifs is 1. The summed E-state index contributed by atoms with van der Waals surface area (Å²) >= 11 is 0. The van der Waals surface area contributed by atoms with Crippen LogP contribution in [-0.4, -0.2) is 28.4 Å². The van der Waals surface area contributed by atoms with Crippen molar-refractivity contribution in [1.82, 2.24) is 9.66 Å². The normalized spacial score (nSPS) is 11.6. The van der Waals surface area contributed by atoms with Crippen LogP contribution in [0.25, 0.3) is 22.3 Å². The maximum absolute atomic E-state index is 13.4. The molecule has 0 aliphatic carbocycles. The predicted molar refractivity (Wildman–Crippen MR) is 146 cm³/mol. The van der Waals surface area contributed by atoms with Crippen LogP contribution in [-0.2, 0) is 11.0 Å². The number of para-hydroxylation sites is 2. The Morgan fingerprint density at radius 2 is 1.68 bits per heavy atom. The molecular formula is C30H21F3N4O3. The number of hydrogen-bond donors (Lipinski definition) is 1. The number of nitrogens with one attached hydrogen (secondary N) is 1. The van der Waals surface area contributed by atoms with E-state index in [2.05, 4.69) is 15.4 Å². The second-order valence-corrected chi connectivity index (χ2v) is 8.67. The van der Waals surface area contributed by atoms with Crippen molar-refractivity contribution in [1.29, 1.82) is 0 Å². The van der Waals surface area contributed by atoms with Gasteiger partial charge >= 0.3 is 6.18 Å². The van der Waals surface area contributed by atoms with E-state index in [0.717, 1.165) is 16.8 Å². The van der Waals surface area contributed by atoms with E-state index in [0.29, 0.717) is 22.5 Å². The summed E-state index contributed by atoms with van der Waals surface area (Å²) in [5, 5.41) is 7.27. The summed E-state index contributed by atoms with van der Waals surface area (Å²) in [6, 6.07) is 26.7. The first-order valence-electron chi connectivity index (χ1n) is 12.1. The standard InChI is InChI=1S/C30H21F3N4O3/c31-30(32,33)22-10-7-9-21(17-22)28-36-26-15-5-4-14-25(26)29(39)37(28)34-18-20-8-6-13-24(16-20)40-19-27(38)35-23-11-2-1-3-12-23/h1-18H,19H2,(H,35,38). The number of nitrogens with zero attached hydrogens (tertiary/aromatic N) is 3. The molecule has 10 heteroatoms. The molecule has 0 spiro atoms. The maximum atomic E-state index is 13.4. The summed E-state index contributed by atoms with van der Waals surface area (Å²) in [4.78, 5) is 30.0. The van der Waals surface area contributed by atoms with Crippen molar-refractivity contribution in [2.24, 2.45) is 5.10 Å². The second kappa shape index (κ2) is 11.2. The van der Waals surface area contributed by atoms with Crippen molar-refractivity contribution in [3.8, 4) is 17.1 Å². The Labute approximate surface area is 226 Å². The Bertz CT molecular complexity index is 1770. The summed E-state index contributed by atoms with van der Waals surface area (Å²) < 4.78 is 46.7. The molecule has 200 valence electrons. The Kier molecular flexibility index (Phi) is 7.41. The first-order chi connectivity index (χ1) is 19.3. The van der Waals surface area contributed by atoms with Gasteiger partial charge in [-0.3, -0.25) is 9.59 Å². The lowest BCUT2D eigenvalue weighted by molar-refractivity contribution is -0.137. The number of anilines is 1. The van der Waals surface area contributed by atoms with Crippen LogP contribution >= 0.6 is 0 Å². The second-order valence-electron chi connectivity index (χ2n) is 8.67. The number of amides is 1. The zero-order valence-corrected chi connectivity index (χ0v) is 20.8. The van der Waals surface area contributed by atoms with Crippen LogP contribution in [0, 0.1) is 0 Å². The van der Waals surface area contributed by atoms with Crippen LogP contribution < -0.4 is 15.6 Å². The van der Waals surface area contributed by atoms with Gasteiger partial charge in [-0.25, -0.2) is 4.98 Å². The molecule has 5 aromatic rings. The molecule has 1 amide bonds. The summed E-state index contributed by atoms with van der Waals surface area (Å²) in [7, 11) is 0. The fourth-order valence-corrected chi connectivity index (χ4v) is 3.93. The molecule has 1 N–H and O–H groups in total. The van der Waals surface area contributed by atoms with E-state index in [1.807, 2.05) is 6.07 Å². The van der Waals surface area contributed by atoms with Gasteiger partial charge in [0.15, 0.2) is 12.4 Å². The number of carbonyl (C=O) groups excluding carboxylic acids is 1. The molecule has 1 heterocycles. The molecule has 40 heavy (non-hydrogen) atoms. The van der Waals surface area contributed by atoms with Crippen molar-refractivity contribution < 1.29 is 22.7 Å². The Morgan fingerprint density at radius 1 is 0.925 bits per heavy atom. The first-order valence-corrected chi connectivity index (χ1v) is 12.1. The minimum atomic E-state index is -4.57. The number of rotatable bonds is 7. The molecule has 0 bridgehead atoms. The van der Waals surface area contributed by atoms with Crippen molar-refractivity contribution >= 4 is 28.7 Å². The third-order valence-electron chi connectivity index (χ3n) is 5.81. The lowest BCUT2D eigenvalue weighted by Crippen LogP contribution is -2.20. The van der Waals surface area contributed by atoms with Crippen LogP contribution in [0.15, 0.2) is 113 Å². The highest BCUT2D eigenvalue weighted by Gasteiger charge is 2.31. The number of ether oxygens (including phenoxy) is 1. The number of hydrogen-bond acceptors (Lipinski definition) is 5. The highest BCUT2D eigenvalue weighted by molar-refractivity contribution is 5.91. The fraction of sp³-hybridized carbons (Fsp3) is 0.0667. The lowest BCUT2D eigenvalue weighted by Gasteiger charge is -2.12. The zero-order valence-electron chi connectivity index (χ0n) is 20.8. The van der Waals surface area contributed by atoms with Gasteiger partial charge in [0.1, 0.15) is 5.75 Å². The van der Waals surface area contributed by atoms with Crippen LogP contribution in [0.2, 0.25) is 0 Å². The van der Waals surface area contributed by atoms with Gasteiger partial charge in [0, 0.05) is 11.3 Å². The minimum Gasteiger partial charge on any atom is -0.484 e. The molecule has 1 aromatic heterocycles. The average Bonchev–Trinajstić information content (AvgIpc) is 2.96. The van der Waals surface area contributed by atoms with Crippen LogP contribution in [0.5, 0.6) is 5.75 Å². The van der Waals surface area contributed by atoms with Gasteiger partial charge in [-0.1, -0.05) is 54.6 Å². The van der Waals surface area contributed by atoms with E-state index < -0.39 is 17.3 Å². The molecule has 4 aromatic carbocycles. The van der Waals surface area contributed by atoms with Gasteiger partial charge in [-0.2, -0.15) is 22.9 Å². The Balaban J connectivity index is 1.44. The largest absolute Gasteiger partial charge is 0.484 e. The van der Waals surface area contributed by atoms with Gasteiger partial charge in [0.05, 0.1) is 22.7 Å². The van der Waals surface area contributed by atoms with E-state index >= 15 is 0 Å². The molecule has 5 rings (SSSR count). The van der Waals surface area contributed by atoms with E-state index in [4.69, 9.17) is 4.74 Å². The topological polar surface area (TPSA) is 85.6 Å². The molecule has 0 radical (unpaired) electrons. The van der Waals surface area contributed by atoms with Crippen LogP contribution in [0.1, 0.15) is 11.1 Å². The summed E-state index contributed by atoms with van der Waals surface area (Å²) in [6.07, 6.45) is -3.20. The van der Waals surface area contributed by atoms with Gasteiger partial charge in [-0.05, 0) is 54.1 Å². The van der Waals surface area contributed by atoms with Crippen molar-refractivity contribution in [2.75, 3.05) is 11.9 Å². The van der Waals surface area contributed by atoms with Gasteiger partial charge in [-0.15, -0.1) is 0 Å². The molecule has 0 unspecified atom stereocenters. The SMILES string of the molecule is O=C(COc1cccc(C=Nn2c(-c3cccc(C(F)(F)F)c3)nc3ccccc3c2=O)c1)Nc1ccccc1. The molecule has 0 atom stereocenters. The molecule has 0 aliphatic heterocycles. The van der Waals surface area contributed by atoms with Gasteiger partial charge in [0.25, 0.3) is 11.5 Å². The Hall–Kier alpha value is -5.25. The molecule has 7 nitrogen and oxygen atoms in total. The van der Waals surface area contributed by atoms with Gasteiger partial charge in [0.2, 0.25) is 0 Å². The highest BCUT2D eigenvalue weighted by Crippen LogP contribution is 2.32. The molecule has 0 fully saturated rings. The average molecular weight is 543 g/mol. The summed E-state index contributed by atoms with van der Waals surface area (Å²) in [5.74, 6) is -0.00456. The van der Waals surface area contributed by atoms with Gasteiger partial charge < -0.3 is 10.1 Å². The smallest absolute Gasteiger partial charge is 0.416 e. The number of benzene rings is 4. The predicted octanol–water partition coefficient (Wildman–Crippen LogP) is 5.98. The van der Waals surface area contributed by atoms with E-state index in [-0.39, 0.29) is 29.3 Å². The van der Waals surface area contributed by atoms with E-state index in [9.17, 15) is 22.8 Å². The number of carbonyl (C=O) groups is 1. The third-order valence-corrected chi connectivity index (χ3v) is 5.81. The Morgan fingerprint density at radius 3 is 2.48 bits per heavy atom. The van der Waals surface area contributed by atoms with Crippen LogP contribution in [0.3, 0.4) is 0 Å². The van der Waals surface area contributed by atoms with Crippen molar-refractivity contribution in [3.63, 3.8) is 0 Å². The number of alkyl halides is 3. The summed E-state index contributed by atoms with van der Waals surface area (Å²) in [5.41, 5.74) is 0.161. The van der Waals surface area contributed by atoms with Crippen LogP contribution in [0.4, 0.5) is 18.9 Å². The fourth-order valence-electron chi connectivity index (χ4n) is 3.93. The lowest BCUT2D eigenvalue weighted by atomic mass is 10.1. The number of aromatic nitrogens is 2. The molecule has 0 saturated heterocycles. The zero-order chi connectivity index (χ0) is 28.1. The first kappa shape index (κ1) is 26.4. The highest BCUT2D eigenvalue weighted by atomic mass is 19.4. The monoisotopic (exact) mass is 542 g/mol. The molecule has 0 saturated carbocycles. The number of halogens is 3. The molecule has 0 aliphatic rings.